The van der Waals surface area contributed by atoms with E-state index in [0.717, 1.165) is 64.5 Å². The second-order valence-corrected chi connectivity index (χ2v) is 17.5. The Kier molecular flexibility index (Phi) is 8.78. The van der Waals surface area contributed by atoms with Gasteiger partial charge in [0.05, 0.1) is 32.5 Å². The first-order valence-electron chi connectivity index (χ1n) is 19.5. The van der Waals surface area contributed by atoms with Gasteiger partial charge in [-0.3, -0.25) is 4.90 Å². The molecule has 2 saturated carbocycles. The third-order valence-corrected chi connectivity index (χ3v) is 14.7. The number of hydrogen-bond acceptors (Lipinski definition) is 12. The Bertz CT molecular complexity index is 1140. The van der Waals surface area contributed by atoms with Gasteiger partial charge in [0.15, 0.2) is 36.4 Å². The molecule has 9 saturated heterocycles. The Morgan fingerprint density at radius 3 is 1.55 bits per heavy atom. The molecule has 4 bridgehead atoms. The van der Waals surface area contributed by atoms with E-state index < -0.39 is 47.9 Å². The SMILES string of the molecule is C[C@H]1[C@@H](OCC(CO[C@H]2O[C@@H]3O[C@@]4(C)CC[C@H]5[C@H](C)CC[C@@H]([C@H]2C)[C@@]35OO4)N2CCOCC2)OC2O[C@@]3(C)CC[C@H]4[C@H](C)CC[C@@H]1[C@@]24OO3. The van der Waals surface area contributed by atoms with Gasteiger partial charge in [-0.2, -0.15) is 0 Å². The lowest BCUT2D eigenvalue weighted by Crippen LogP contribution is -2.70. The van der Waals surface area contributed by atoms with E-state index in [1.54, 1.807) is 0 Å². The fourth-order valence-corrected chi connectivity index (χ4v) is 11.7. The summed E-state index contributed by atoms with van der Waals surface area (Å²) in [6.07, 6.45) is 6.09. The molecule has 0 radical (unpaired) electrons. The average Bonchev–Trinajstić information content (AvgIpc) is 3.47. The van der Waals surface area contributed by atoms with Crippen LogP contribution in [0, 0.1) is 47.3 Å². The Labute approximate surface area is 291 Å². The summed E-state index contributed by atoms with van der Waals surface area (Å²) in [7, 11) is 0. The number of nitrogens with zero attached hydrogens (tertiary/aromatic N) is 1. The van der Waals surface area contributed by atoms with E-state index >= 15 is 0 Å². The molecular formula is C37H59NO11. The summed E-state index contributed by atoms with van der Waals surface area (Å²) in [5.41, 5.74) is -1.21. The van der Waals surface area contributed by atoms with Crippen molar-refractivity contribution in [3.63, 3.8) is 0 Å². The number of ether oxygens (including phenoxy) is 7. The average molecular weight is 694 g/mol. The molecule has 0 amide bonds. The highest BCUT2D eigenvalue weighted by Gasteiger charge is 2.71. The molecule has 0 N–H and O–H groups in total. The van der Waals surface area contributed by atoms with Crippen LogP contribution in [0.5, 0.6) is 0 Å². The molecule has 2 aliphatic carbocycles. The molecule has 2 unspecified atom stereocenters. The van der Waals surface area contributed by atoms with E-state index in [0.29, 0.717) is 50.1 Å². The maximum Gasteiger partial charge on any atom is 0.201 e. The van der Waals surface area contributed by atoms with Gasteiger partial charge < -0.3 is 33.2 Å². The molecule has 12 nitrogen and oxygen atoms in total. The van der Waals surface area contributed by atoms with Gasteiger partial charge in [0, 0.05) is 49.6 Å². The van der Waals surface area contributed by atoms with E-state index in [1.165, 1.54) is 0 Å². The van der Waals surface area contributed by atoms with Crippen LogP contribution < -0.4 is 0 Å². The fraction of sp³-hybridized carbons (Fsp3) is 1.00. The predicted octanol–water partition coefficient (Wildman–Crippen LogP) is 5.14. The van der Waals surface area contributed by atoms with Gasteiger partial charge in [-0.05, 0) is 76.0 Å². The Balaban J connectivity index is 0.913. The van der Waals surface area contributed by atoms with Gasteiger partial charge in [-0.25, -0.2) is 19.6 Å². The Hall–Kier alpha value is -0.480. The van der Waals surface area contributed by atoms with Crippen LogP contribution in [0.2, 0.25) is 0 Å². The van der Waals surface area contributed by atoms with E-state index in [1.807, 2.05) is 13.8 Å². The van der Waals surface area contributed by atoms with Crippen molar-refractivity contribution in [3.8, 4) is 0 Å². The Morgan fingerprint density at radius 2 is 1.08 bits per heavy atom. The molecule has 49 heavy (non-hydrogen) atoms. The predicted molar refractivity (Wildman–Crippen MR) is 172 cm³/mol. The maximum absolute atomic E-state index is 6.79. The van der Waals surface area contributed by atoms with Crippen molar-refractivity contribution in [1.29, 1.82) is 0 Å². The second-order valence-electron chi connectivity index (χ2n) is 17.5. The normalized spacial score (nSPS) is 56.0. The molecule has 9 heterocycles. The van der Waals surface area contributed by atoms with Crippen LogP contribution in [0.4, 0.5) is 0 Å². The van der Waals surface area contributed by atoms with Gasteiger partial charge in [0.25, 0.3) is 0 Å². The minimum atomic E-state index is -0.812. The highest BCUT2D eigenvalue weighted by molar-refractivity contribution is 5.10. The lowest BCUT2D eigenvalue weighted by molar-refractivity contribution is -0.578. The van der Waals surface area contributed by atoms with Crippen LogP contribution in [-0.4, -0.2) is 98.4 Å². The first-order chi connectivity index (χ1) is 23.6. The molecule has 12 heteroatoms. The molecule has 2 spiro atoms. The zero-order chi connectivity index (χ0) is 33.8. The summed E-state index contributed by atoms with van der Waals surface area (Å²) >= 11 is 0. The molecular weight excluding hydrogens is 634 g/mol. The van der Waals surface area contributed by atoms with E-state index in [4.69, 9.17) is 52.7 Å². The molecule has 11 rings (SSSR count). The van der Waals surface area contributed by atoms with Crippen LogP contribution >= 0.6 is 0 Å². The summed E-state index contributed by atoms with van der Waals surface area (Å²) in [5, 5.41) is 0. The third kappa shape index (κ3) is 5.36. The monoisotopic (exact) mass is 693 g/mol. The van der Waals surface area contributed by atoms with Crippen LogP contribution in [0.15, 0.2) is 0 Å². The second kappa shape index (κ2) is 12.6. The van der Waals surface area contributed by atoms with Crippen LogP contribution in [-0.2, 0) is 52.7 Å². The number of hydrogen-bond donors (Lipinski definition) is 0. The third-order valence-electron chi connectivity index (χ3n) is 14.7. The molecule has 9 aliphatic heterocycles. The van der Waals surface area contributed by atoms with Gasteiger partial charge in [0.2, 0.25) is 11.6 Å². The van der Waals surface area contributed by atoms with Crippen molar-refractivity contribution in [2.75, 3.05) is 39.5 Å². The van der Waals surface area contributed by atoms with Gasteiger partial charge in [-0.15, -0.1) is 0 Å². The fourth-order valence-electron chi connectivity index (χ4n) is 11.7. The van der Waals surface area contributed by atoms with Crippen molar-refractivity contribution in [2.24, 2.45) is 47.3 Å². The van der Waals surface area contributed by atoms with Gasteiger partial charge in [-0.1, -0.05) is 27.7 Å². The number of morpholine rings is 1. The molecule has 0 aromatic carbocycles. The topological polar surface area (TPSA) is 105 Å². The molecule has 0 aromatic heterocycles. The summed E-state index contributed by atoms with van der Waals surface area (Å²) < 4.78 is 46.0. The number of rotatable bonds is 7. The van der Waals surface area contributed by atoms with Crippen LogP contribution in [0.1, 0.15) is 92.9 Å². The zero-order valence-electron chi connectivity index (χ0n) is 30.3. The maximum atomic E-state index is 6.79. The molecule has 11 aliphatic rings. The summed E-state index contributed by atoms with van der Waals surface area (Å²) in [4.78, 5) is 27.2. The van der Waals surface area contributed by atoms with Crippen molar-refractivity contribution >= 4 is 0 Å². The van der Waals surface area contributed by atoms with Crippen molar-refractivity contribution in [2.45, 2.75) is 147 Å². The van der Waals surface area contributed by atoms with Crippen molar-refractivity contribution in [3.05, 3.63) is 0 Å². The minimum absolute atomic E-state index is 0.00673. The van der Waals surface area contributed by atoms with Crippen molar-refractivity contribution < 1.29 is 52.7 Å². The lowest BCUT2D eigenvalue weighted by Gasteiger charge is -2.60. The minimum Gasteiger partial charge on any atom is -0.379 e. The summed E-state index contributed by atoms with van der Waals surface area (Å²) in [6.45, 7) is 17.0. The van der Waals surface area contributed by atoms with Crippen molar-refractivity contribution in [1.82, 2.24) is 4.90 Å². The largest absolute Gasteiger partial charge is 0.379 e. The Morgan fingerprint density at radius 1 is 0.612 bits per heavy atom. The molecule has 0 aromatic rings. The lowest BCUT2D eigenvalue weighted by atomic mass is 9.58. The van der Waals surface area contributed by atoms with Crippen LogP contribution in [0.3, 0.4) is 0 Å². The smallest absolute Gasteiger partial charge is 0.201 e. The first-order valence-corrected chi connectivity index (χ1v) is 19.5. The van der Waals surface area contributed by atoms with E-state index in [2.05, 4.69) is 32.6 Å². The number of fused-ring (bicyclic) bond motifs is 4. The standard InChI is InChI=1S/C37H59NO11/c1-21-7-9-28-23(3)30(42-32-36(28)26(21)11-13-34(5,44-32)46-48-36)40-19-25(38-15-17-39-18-16-38)20-41-31-24(4)29-10-8-22(2)27-12-14-35(6)45-33(43-31)37(27,29)49-47-35/h21-33H,7-20H2,1-6H3/t21-,22-,23-,24-,25?,26+,27+,28+,29+,30+,31+,32-,33?,34-,35-,36-,37-/m1/s1. The highest BCUT2D eigenvalue weighted by Crippen LogP contribution is 2.62. The van der Waals surface area contributed by atoms with E-state index in [-0.39, 0.29) is 29.7 Å². The zero-order valence-corrected chi connectivity index (χ0v) is 30.3. The highest BCUT2D eigenvalue weighted by atomic mass is 17.3. The summed E-state index contributed by atoms with van der Waals surface area (Å²) in [5.74, 6) is 0.710. The molecule has 278 valence electrons. The quantitative estimate of drug-likeness (QED) is 0.330. The summed E-state index contributed by atoms with van der Waals surface area (Å²) in [6, 6.07) is -0.00673. The first kappa shape index (κ1) is 34.3. The van der Waals surface area contributed by atoms with E-state index in [9.17, 15) is 0 Å². The van der Waals surface area contributed by atoms with Gasteiger partial charge in [0.1, 0.15) is 0 Å². The molecule has 11 fully saturated rings. The van der Waals surface area contributed by atoms with Crippen LogP contribution in [0.25, 0.3) is 0 Å². The molecule has 17 atom stereocenters. The van der Waals surface area contributed by atoms with Gasteiger partial charge >= 0.3 is 0 Å².